The maximum atomic E-state index is 3.66. The third kappa shape index (κ3) is 1.88. The lowest BCUT2D eigenvalue weighted by Crippen LogP contribution is -2.43. The van der Waals surface area contributed by atoms with E-state index in [0.717, 1.165) is 19.6 Å². The van der Waals surface area contributed by atoms with Gasteiger partial charge in [0.2, 0.25) is 0 Å². The fourth-order valence-corrected chi connectivity index (χ4v) is 3.61. The molecule has 2 aliphatic rings. The summed E-state index contributed by atoms with van der Waals surface area (Å²) in [5.41, 5.74) is 4.48. The number of hydrogen-bond donors (Lipinski definition) is 1. The lowest BCUT2D eigenvalue weighted by molar-refractivity contribution is 0.241. The average molecular weight is 255 g/mol. The largest absolute Gasteiger partial charge is 0.347 e. The van der Waals surface area contributed by atoms with Crippen LogP contribution in [0.2, 0.25) is 0 Å². The van der Waals surface area contributed by atoms with Crippen LogP contribution in [0.15, 0.2) is 24.4 Å². The van der Waals surface area contributed by atoms with Gasteiger partial charge in [-0.25, -0.2) is 0 Å². The Hall–Kier alpha value is -1.32. The zero-order valence-electron chi connectivity index (χ0n) is 11.5. The molecule has 1 aromatic carbocycles. The SMILES string of the molecule is CN1CCNC(c2cc3c4c(ccn4CCC3)c2)C1. The van der Waals surface area contributed by atoms with Gasteiger partial charge in [0.25, 0.3) is 0 Å². The molecule has 0 amide bonds. The molecular weight excluding hydrogens is 234 g/mol. The van der Waals surface area contributed by atoms with Crippen molar-refractivity contribution in [3.8, 4) is 0 Å². The van der Waals surface area contributed by atoms with Crippen LogP contribution in [0.5, 0.6) is 0 Å². The highest BCUT2D eigenvalue weighted by Crippen LogP contribution is 2.30. The highest BCUT2D eigenvalue weighted by Gasteiger charge is 2.21. The van der Waals surface area contributed by atoms with Crippen LogP contribution in [0.1, 0.15) is 23.6 Å². The smallest absolute Gasteiger partial charge is 0.0513 e. The zero-order chi connectivity index (χ0) is 12.8. The van der Waals surface area contributed by atoms with Crippen molar-refractivity contribution in [2.45, 2.75) is 25.4 Å². The highest BCUT2D eigenvalue weighted by atomic mass is 15.2. The van der Waals surface area contributed by atoms with Gasteiger partial charge in [0, 0.05) is 43.8 Å². The summed E-state index contributed by atoms with van der Waals surface area (Å²) in [6.07, 6.45) is 4.76. The van der Waals surface area contributed by atoms with Crippen molar-refractivity contribution in [2.75, 3.05) is 26.7 Å². The van der Waals surface area contributed by atoms with Crippen molar-refractivity contribution < 1.29 is 0 Å². The molecule has 0 spiro atoms. The molecule has 0 bridgehead atoms. The molecule has 100 valence electrons. The number of likely N-dealkylation sites (N-methyl/N-ethyl adjacent to an activating group) is 1. The molecule has 3 heteroatoms. The van der Waals surface area contributed by atoms with E-state index in [1.807, 2.05) is 0 Å². The van der Waals surface area contributed by atoms with Crippen molar-refractivity contribution in [2.24, 2.45) is 0 Å². The fourth-order valence-electron chi connectivity index (χ4n) is 3.61. The number of benzene rings is 1. The molecule has 3 heterocycles. The normalized spacial score (nSPS) is 23.9. The third-order valence-corrected chi connectivity index (χ3v) is 4.59. The standard InChI is InChI=1S/C16H21N3/c1-18-8-5-17-15(11-18)14-9-12-3-2-6-19-7-4-13(10-14)16(12)19/h4,7,9-10,15,17H,2-3,5-6,8,11H2,1H3. The summed E-state index contributed by atoms with van der Waals surface area (Å²) in [5.74, 6) is 0. The van der Waals surface area contributed by atoms with Crippen LogP contribution in [0.3, 0.4) is 0 Å². The minimum atomic E-state index is 0.490. The van der Waals surface area contributed by atoms with Gasteiger partial charge in [-0.1, -0.05) is 6.07 Å². The van der Waals surface area contributed by atoms with E-state index >= 15 is 0 Å². The Labute approximate surface area is 114 Å². The molecule has 2 aliphatic heterocycles. The average Bonchev–Trinajstić information content (AvgIpc) is 2.84. The first kappa shape index (κ1) is 11.5. The second-order valence-corrected chi connectivity index (χ2v) is 6.00. The van der Waals surface area contributed by atoms with E-state index in [1.165, 1.54) is 35.9 Å². The Kier molecular flexibility index (Phi) is 2.64. The summed E-state index contributed by atoms with van der Waals surface area (Å²) in [4.78, 5) is 2.42. The van der Waals surface area contributed by atoms with Crippen LogP contribution in [-0.2, 0) is 13.0 Å². The van der Waals surface area contributed by atoms with E-state index in [2.05, 4.69) is 46.2 Å². The van der Waals surface area contributed by atoms with Crippen molar-refractivity contribution >= 4 is 10.9 Å². The summed E-state index contributed by atoms with van der Waals surface area (Å²) in [7, 11) is 2.22. The van der Waals surface area contributed by atoms with Crippen molar-refractivity contribution in [1.29, 1.82) is 0 Å². The second-order valence-electron chi connectivity index (χ2n) is 6.00. The topological polar surface area (TPSA) is 20.2 Å². The lowest BCUT2D eigenvalue weighted by Gasteiger charge is -2.31. The van der Waals surface area contributed by atoms with Gasteiger partial charge in [-0.2, -0.15) is 0 Å². The Bertz CT molecular complexity index is 614. The van der Waals surface area contributed by atoms with Gasteiger partial charge in [0.05, 0.1) is 5.52 Å². The highest BCUT2D eigenvalue weighted by molar-refractivity contribution is 5.85. The molecule has 1 N–H and O–H groups in total. The van der Waals surface area contributed by atoms with Crippen molar-refractivity contribution in [3.63, 3.8) is 0 Å². The number of nitrogens with one attached hydrogen (secondary N) is 1. The van der Waals surface area contributed by atoms with Gasteiger partial charge in [-0.15, -0.1) is 0 Å². The number of nitrogens with zero attached hydrogens (tertiary/aromatic N) is 2. The summed E-state index contributed by atoms with van der Waals surface area (Å²) in [5, 5.41) is 5.08. The Morgan fingerprint density at radius 2 is 2.21 bits per heavy atom. The molecule has 0 aliphatic carbocycles. The predicted molar refractivity (Wildman–Crippen MR) is 78.5 cm³/mol. The summed E-state index contributed by atoms with van der Waals surface area (Å²) in [6.45, 7) is 4.55. The van der Waals surface area contributed by atoms with Crippen LogP contribution in [0.4, 0.5) is 0 Å². The first-order chi connectivity index (χ1) is 9.31. The van der Waals surface area contributed by atoms with Gasteiger partial charge in [-0.05, 0) is 43.1 Å². The summed E-state index contributed by atoms with van der Waals surface area (Å²) < 4.78 is 2.42. The van der Waals surface area contributed by atoms with Gasteiger partial charge in [0.15, 0.2) is 0 Å². The van der Waals surface area contributed by atoms with Crippen LogP contribution < -0.4 is 5.32 Å². The molecule has 19 heavy (non-hydrogen) atoms. The van der Waals surface area contributed by atoms with Crippen LogP contribution in [0.25, 0.3) is 10.9 Å². The minimum absolute atomic E-state index is 0.490. The van der Waals surface area contributed by atoms with Crippen molar-refractivity contribution in [3.05, 3.63) is 35.5 Å². The van der Waals surface area contributed by atoms with Crippen LogP contribution in [0, 0.1) is 0 Å². The molecule has 1 fully saturated rings. The number of aryl methyl sites for hydroxylation is 2. The number of aromatic nitrogens is 1. The lowest BCUT2D eigenvalue weighted by atomic mass is 9.96. The zero-order valence-corrected chi connectivity index (χ0v) is 11.5. The summed E-state index contributed by atoms with van der Waals surface area (Å²) >= 11 is 0. The van der Waals surface area contributed by atoms with E-state index in [-0.39, 0.29) is 0 Å². The monoisotopic (exact) mass is 255 g/mol. The molecule has 1 unspecified atom stereocenters. The molecule has 0 saturated carbocycles. The quantitative estimate of drug-likeness (QED) is 0.842. The van der Waals surface area contributed by atoms with Crippen LogP contribution >= 0.6 is 0 Å². The van der Waals surface area contributed by atoms with Gasteiger partial charge < -0.3 is 14.8 Å². The Balaban J connectivity index is 1.79. The molecule has 3 nitrogen and oxygen atoms in total. The van der Waals surface area contributed by atoms with Gasteiger partial charge in [0.1, 0.15) is 0 Å². The molecule has 2 aromatic rings. The van der Waals surface area contributed by atoms with E-state index in [9.17, 15) is 0 Å². The molecule has 1 atom stereocenters. The van der Waals surface area contributed by atoms with E-state index in [0.29, 0.717) is 6.04 Å². The van der Waals surface area contributed by atoms with E-state index in [4.69, 9.17) is 0 Å². The molecule has 0 radical (unpaired) electrons. The van der Waals surface area contributed by atoms with Gasteiger partial charge >= 0.3 is 0 Å². The van der Waals surface area contributed by atoms with E-state index in [1.54, 1.807) is 5.56 Å². The van der Waals surface area contributed by atoms with Crippen LogP contribution in [-0.4, -0.2) is 36.1 Å². The maximum absolute atomic E-state index is 3.66. The molecule has 4 rings (SSSR count). The summed E-state index contributed by atoms with van der Waals surface area (Å²) in [6, 6.07) is 7.59. The van der Waals surface area contributed by atoms with E-state index < -0.39 is 0 Å². The Morgan fingerprint density at radius 1 is 1.26 bits per heavy atom. The predicted octanol–water partition coefficient (Wildman–Crippen LogP) is 2.16. The molecular formula is C16H21N3. The first-order valence-electron chi connectivity index (χ1n) is 7.35. The first-order valence-corrected chi connectivity index (χ1v) is 7.35. The fraction of sp³-hybridized carbons (Fsp3) is 0.500. The number of rotatable bonds is 1. The number of hydrogen-bond acceptors (Lipinski definition) is 2. The maximum Gasteiger partial charge on any atom is 0.0513 e. The minimum Gasteiger partial charge on any atom is -0.347 e. The Morgan fingerprint density at radius 3 is 3.11 bits per heavy atom. The molecule has 1 aromatic heterocycles. The number of piperazine rings is 1. The third-order valence-electron chi connectivity index (χ3n) is 4.59. The van der Waals surface area contributed by atoms with Crippen molar-refractivity contribution in [1.82, 2.24) is 14.8 Å². The van der Waals surface area contributed by atoms with Gasteiger partial charge in [-0.3, -0.25) is 0 Å². The molecule has 1 saturated heterocycles. The second kappa shape index (κ2) is 4.36.